The van der Waals surface area contributed by atoms with Crippen molar-refractivity contribution < 1.29 is 40.2 Å². The van der Waals surface area contributed by atoms with Crippen LogP contribution in [0.25, 0.3) is 5.32 Å². The molecule has 0 N–H and O–H groups in total. The van der Waals surface area contributed by atoms with E-state index in [1.165, 1.54) is 7.05 Å². The number of cyclic esters (lactones) is 1. The predicted molar refractivity (Wildman–Crippen MR) is 60.9 cm³/mol. The molecule has 1 atom stereocenters. The Balaban J connectivity index is 0.00000180. The van der Waals surface area contributed by atoms with Gasteiger partial charge in [-0.1, -0.05) is 0 Å². The molecule has 0 saturated carbocycles. The number of amides is 3. The second-order valence-corrected chi connectivity index (χ2v) is 3.70. The van der Waals surface area contributed by atoms with Gasteiger partial charge in [-0.3, -0.25) is 9.69 Å². The van der Waals surface area contributed by atoms with Crippen LogP contribution >= 0.6 is 0 Å². The molecule has 0 aliphatic carbocycles. The summed E-state index contributed by atoms with van der Waals surface area (Å²) in [6.45, 7) is -0.208. The van der Waals surface area contributed by atoms with Crippen molar-refractivity contribution >= 4 is 17.9 Å². The van der Waals surface area contributed by atoms with E-state index in [1.807, 2.05) is 0 Å². The van der Waals surface area contributed by atoms with E-state index in [-0.39, 0.29) is 33.2 Å². The quantitative estimate of drug-likeness (QED) is 0.656. The minimum Gasteiger partial charge on any atom is -0.681 e. The third kappa shape index (κ3) is 3.41. The number of carbonyl (C=O) groups excluding carboxylic acids is 3. The zero-order valence-corrected chi connectivity index (χ0v) is 13.0. The number of likely N-dealkylation sites (N-methyl/N-ethyl adjacent to an activating group) is 1. The molecule has 1 aliphatic heterocycles. The second-order valence-electron chi connectivity index (χ2n) is 3.70. The van der Waals surface area contributed by atoms with Gasteiger partial charge in [0.15, 0.2) is 0 Å². The summed E-state index contributed by atoms with van der Waals surface area (Å²) in [7, 11) is 1.28. The maximum atomic E-state index is 11.7. The van der Waals surface area contributed by atoms with Gasteiger partial charge in [-0.2, -0.15) is 0 Å². The molecule has 98 valence electrons. The average Bonchev–Trinajstić information content (AvgIpc) is 2.40. The third-order valence-electron chi connectivity index (χ3n) is 2.47. The molecule has 3 amide bonds. The Morgan fingerprint density at radius 3 is 2.84 bits per heavy atom. The van der Waals surface area contributed by atoms with Crippen LogP contribution in [0.2, 0.25) is 0 Å². The molecule has 6 nitrogen and oxygen atoms in total. The van der Waals surface area contributed by atoms with E-state index in [0.717, 1.165) is 4.90 Å². The zero-order valence-electron chi connectivity index (χ0n) is 10.0. The molecule has 0 radical (unpaired) electrons. The van der Waals surface area contributed by atoms with Crippen molar-refractivity contribution in [2.75, 3.05) is 13.7 Å². The van der Waals surface area contributed by atoms with Crippen molar-refractivity contribution in [2.45, 2.75) is 6.04 Å². The van der Waals surface area contributed by atoms with Gasteiger partial charge in [0.2, 0.25) is 5.91 Å². The Morgan fingerprint density at radius 2 is 2.21 bits per heavy atom. The molecule has 1 saturated heterocycles. The predicted octanol–water partition coefficient (Wildman–Crippen LogP) is 0.975. The molecule has 1 heterocycles. The smallest absolute Gasteiger partial charge is 0.681 e. The van der Waals surface area contributed by atoms with Crippen LogP contribution in [0.1, 0.15) is 10.4 Å². The summed E-state index contributed by atoms with van der Waals surface area (Å²) in [6.07, 6.45) is -0.731. The van der Waals surface area contributed by atoms with Crippen molar-refractivity contribution in [3.63, 3.8) is 0 Å². The Morgan fingerprint density at radius 1 is 1.47 bits per heavy atom. The van der Waals surface area contributed by atoms with E-state index >= 15 is 0 Å². The molecule has 1 aromatic rings. The minimum atomic E-state index is -0.978. The van der Waals surface area contributed by atoms with Gasteiger partial charge in [-0.15, -0.1) is 35.9 Å². The molecule has 0 aromatic heterocycles. The van der Waals surface area contributed by atoms with Crippen LogP contribution < -0.4 is 0 Å². The van der Waals surface area contributed by atoms with Gasteiger partial charge in [0.25, 0.3) is 0 Å². The summed E-state index contributed by atoms with van der Waals surface area (Å²) in [5, 5.41) is 3.73. The summed E-state index contributed by atoms with van der Waals surface area (Å²) in [6, 6.07) is 8.27. The van der Waals surface area contributed by atoms with Crippen LogP contribution in [0, 0.1) is 6.07 Å². The topological polar surface area (TPSA) is 77.8 Å². The van der Waals surface area contributed by atoms with Crippen molar-refractivity contribution in [2.24, 2.45) is 0 Å². The van der Waals surface area contributed by atoms with Gasteiger partial charge in [-0.05, 0) is 11.9 Å². The fraction of sp³-hybridized carbons (Fsp3) is 0.250. The van der Waals surface area contributed by atoms with Crippen molar-refractivity contribution in [1.29, 1.82) is 0 Å². The van der Waals surface area contributed by atoms with Crippen molar-refractivity contribution in [1.82, 2.24) is 4.90 Å². The van der Waals surface area contributed by atoms with E-state index < -0.39 is 23.9 Å². The summed E-state index contributed by atoms with van der Waals surface area (Å²) in [5.74, 6) is -1.10. The first kappa shape index (κ1) is 15.4. The van der Waals surface area contributed by atoms with E-state index in [0.29, 0.717) is 0 Å². The molecule has 2 rings (SSSR count). The number of carbonyl (C=O) groups is 3. The first-order valence-electron chi connectivity index (χ1n) is 5.26. The molecular formula is C12H10N2O4W. The normalized spacial score (nSPS) is 18.4. The molecule has 1 unspecified atom stereocenters. The fourth-order valence-corrected chi connectivity index (χ4v) is 1.46. The van der Waals surface area contributed by atoms with Gasteiger partial charge in [0, 0.05) is 7.05 Å². The largest absolute Gasteiger partial charge is 2.00 e. The van der Waals surface area contributed by atoms with Gasteiger partial charge >= 0.3 is 27.2 Å². The van der Waals surface area contributed by atoms with Gasteiger partial charge < -0.3 is 14.8 Å². The first-order valence-corrected chi connectivity index (χ1v) is 5.26. The number of nitrogens with zero attached hydrogens (tertiary/aromatic N) is 2. The molecule has 7 heteroatoms. The molecule has 19 heavy (non-hydrogen) atoms. The minimum absolute atomic E-state index is 0. The molecule has 0 spiro atoms. The zero-order chi connectivity index (χ0) is 13.1. The van der Waals surface area contributed by atoms with E-state index in [4.69, 9.17) is 4.74 Å². The number of rotatable bonds is 2. The monoisotopic (exact) mass is 430 g/mol. The van der Waals surface area contributed by atoms with Crippen LogP contribution in [-0.2, 0) is 30.6 Å². The number of hydrogen-bond acceptors (Lipinski definition) is 4. The maximum Gasteiger partial charge on any atom is 2.00 e. The van der Waals surface area contributed by atoms with Crippen LogP contribution in [0.15, 0.2) is 24.3 Å². The first-order chi connectivity index (χ1) is 8.59. The number of ether oxygens (including phenoxy) is 1. The third-order valence-corrected chi connectivity index (χ3v) is 2.47. The Hall–Kier alpha value is -1.68. The average molecular weight is 430 g/mol. The molecule has 1 fully saturated rings. The van der Waals surface area contributed by atoms with Gasteiger partial charge in [-0.25, -0.2) is 4.79 Å². The number of benzene rings is 1. The van der Waals surface area contributed by atoms with Crippen LogP contribution in [-0.4, -0.2) is 42.5 Å². The second kappa shape index (κ2) is 6.47. The summed E-state index contributed by atoms with van der Waals surface area (Å²) >= 11 is 0. The molecule has 0 bridgehead atoms. The maximum absolute atomic E-state index is 11.7. The summed E-state index contributed by atoms with van der Waals surface area (Å²) < 4.78 is 4.72. The molecule has 1 aliphatic rings. The van der Waals surface area contributed by atoms with E-state index in [2.05, 4.69) is 11.4 Å². The Bertz CT molecular complexity index is 492. The van der Waals surface area contributed by atoms with Gasteiger partial charge in [0.05, 0.1) is 6.61 Å². The Kier molecular flexibility index (Phi) is 5.24. The molecule has 1 aromatic carbocycles. The van der Waals surface area contributed by atoms with E-state index in [9.17, 15) is 14.4 Å². The van der Waals surface area contributed by atoms with Crippen molar-refractivity contribution in [3.05, 3.63) is 41.2 Å². The van der Waals surface area contributed by atoms with Crippen molar-refractivity contribution in [3.8, 4) is 0 Å². The van der Waals surface area contributed by atoms with Crippen LogP contribution in [0.5, 0.6) is 0 Å². The number of imide groups is 1. The van der Waals surface area contributed by atoms with Gasteiger partial charge in [0.1, 0.15) is 0 Å². The van der Waals surface area contributed by atoms with E-state index in [1.54, 1.807) is 24.3 Å². The number of hydrogen-bond donors (Lipinski definition) is 0. The summed E-state index contributed by atoms with van der Waals surface area (Å²) in [5.41, 5.74) is 0.268. The fourth-order valence-electron chi connectivity index (χ4n) is 1.46. The Labute approximate surface area is 124 Å². The summed E-state index contributed by atoms with van der Waals surface area (Å²) in [4.78, 5) is 35.3. The standard InChI is InChI=1S/C12H11N2O4.W/c1-14-11(16)9(7-18-12(14)17)13-10(15)8-5-3-2-4-6-8;/h2-5,9H,7H2,1H3,(H,13,15);/q-1;+2/p-1. The van der Waals surface area contributed by atoms with Crippen LogP contribution in [0.4, 0.5) is 4.79 Å². The SMILES string of the molecule is CN1C(=O)OCC([N-]C(=O)c2[c-]cccc2)C1=O.[W+2]. The van der Waals surface area contributed by atoms with Crippen LogP contribution in [0.3, 0.4) is 0 Å². The molecular weight excluding hydrogens is 420 g/mol.